The lowest BCUT2D eigenvalue weighted by Gasteiger charge is -2.28. The third-order valence-electron chi connectivity index (χ3n) is 5.69. The average Bonchev–Trinajstić information content (AvgIpc) is 3.53. The highest BCUT2D eigenvalue weighted by molar-refractivity contribution is 7.89. The fourth-order valence-corrected chi connectivity index (χ4v) is 5.32. The van der Waals surface area contributed by atoms with Crippen molar-refractivity contribution in [1.29, 1.82) is 0 Å². The standard InChI is InChI=1S/C25H27FN2O5S/c26-21-10-12-24(13-11-21)34(30,31)28(18-23-9-5-15-33-23)19-25(29)27(17-22-8-4-14-32-22)16-20-6-2-1-3-7-20/h1-4,6-8,10-14,23H,5,9,15-19H2. The van der Waals surface area contributed by atoms with Crippen molar-refractivity contribution in [2.24, 2.45) is 0 Å². The molecule has 0 saturated carbocycles. The Morgan fingerprint density at radius 2 is 1.76 bits per heavy atom. The molecule has 3 aromatic rings. The number of benzene rings is 2. The molecule has 1 unspecified atom stereocenters. The molecule has 1 amide bonds. The zero-order valence-corrected chi connectivity index (χ0v) is 19.5. The van der Waals surface area contributed by atoms with Crippen molar-refractivity contribution in [2.45, 2.75) is 36.9 Å². The number of nitrogens with zero attached hydrogens (tertiary/aromatic N) is 2. The lowest BCUT2D eigenvalue weighted by atomic mass is 10.2. The van der Waals surface area contributed by atoms with Crippen LogP contribution in [0.5, 0.6) is 0 Å². The van der Waals surface area contributed by atoms with Crippen molar-refractivity contribution in [3.8, 4) is 0 Å². The van der Waals surface area contributed by atoms with Crippen LogP contribution in [0.25, 0.3) is 0 Å². The Kier molecular flexibility index (Phi) is 7.77. The fraction of sp³-hybridized carbons (Fsp3) is 0.320. The van der Waals surface area contributed by atoms with E-state index in [4.69, 9.17) is 9.15 Å². The first kappa shape index (κ1) is 24.1. The maximum absolute atomic E-state index is 13.5. The molecule has 180 valence electrons. The SMILES string of the molecule is O=C(CN(CC1CCCO1)S(=O)(=O)c1ccc(F)cc1)N(Cc1ccccc1)Cc1ccco1. The number of furan rings is 1. The average molecular weight is 487 g/mol. The summed E-state index contributed by atoms with van der Waals surface area (Å²) in [4.78, 5) is 15.0. The summed E-state index contributed by atoms with van der Waals surface area (Å²) in [5.41, 5.74) is 0.912. The van der Waals surface area contributed by atoms with Gasteiger partial charge in [0.05, 0.1) is 30.4 Å². The number of amides is 1. The van der Waals surface area contributed by atoms with Crippen molar-refractivity contribution in [3.05, 3.63) is 90.1 Å². The van der Waals surface area contributed by atoms with Gasteiger partial charge in [0, 0.05) is 19.7 Å². The molecule has 0 radical (unpaired) electrons. The first-order valence-corrected chi connectivity index (χ1v) is 12.6. The number of halogens is 1. The van der Waals surface area contributed by atoms with Gasteiger partial charge in [-0.2, -0.15) is 4.31 Å². The summed E-state index contributed by atoms with van der Waals surface area (Å²) in [6.45, 7) is 0.732. The number of rotatable bonds is 10. The molecule has 1 aliphatic heterocycles. The van der Waals surface area contributed by atoms with Gasteiger partial charge < -0.3 is 14.1 Å². The molecule has 1 atom stereocenters. The lowest BCUT2D eigenvalue weighted by Crippen LogP contribution is -2.45. The van der Waals surface area contributed by atoms with Gasteiger partial charge in [-0.1, -0.05) is 30.3 Å². The molecule has 2 aromatic carbocycles. The van der Waals surface area contributed by atoms with E-state index in [-0.39, 0.29) is 36.5 Å². The van der Waals surface area contributed by atoms with E-state index in [0.29, 0.717) is 25.3 Å². The molecular weight excluding hydrogens is 459 g/mol. The van der Waals surface area contributed by atoms with E-state index in [2.05, 4.69) is 0 Å². The summed E-state index contributed by atoms with van der Waals surface area (Å²) in [6.07, 6.45) is 2.78. The van der Waals surface area contributed by atoms with Gasteiger partial charge in [0.2, 0.25) is 15.9 Å². The molecule has 9 heteroatoms. The van der Waals surface area contributed by atoms with E-state index in [1.165, 1.54) is 18.4 Å². The number of carbonyl (C=O) groups excluding carboxylic acids is 1. The minimum Gasteiger partial charge on any atom is -0.467 e. The summed E-state index contributed by atoms with van der Waals surface area (Å²) in [6, 6.07) is 17.6. The molecule has 7 nitrogen and oxygen atoms in total. The number of hydrogen-bond acceptors (Lipinski definition) is 5. The van der Waals surface area contributed by atoms with Gasteiger partial charge in [0.15, 0.2) is 0 Å². The first-order chi connectivity index (χ1) is 16.4. The Morgan fingerprint density at radius 3 is 2.41 bits per heavy atom. The first-order valence-electron chi connectivity index (χ1n) is 11.1. The van der Waals surface area contributed by atoms with Crippen LogP contribution in [0.15, 0.2) is 82.3 Å². The molecular formula is C25H27FN2O5S. The van der Waals surface area contributed by atoms with E-state index in [9.17, 15) is 17.6 Å². The maximum Gasteiger partial charge on any atom is 0.243 e. The molecule has 0 aliphatic carbocycles. The second-order valence-corrected chi connectivity index (χ2v) is 10.1. The smallest absolute Gasteiger partial charge is 0.243 e. The third-order valence-corrected chi connectivity index (χ3v) is 7.52. The lowest BCUT2D eigenvalue weighted by molar-refractivity contribution is -0.133. The Morgan fingerprint density at radius 1 is 1.00 bits per heavy atom. The molecule has 0 N–H and O–H groups in total. The van der Waals surface area contributed by atoms with Gasteiger partial charge in [0.1, 0.15) is 11.6 Å². The van der Waals surface area contributed by atoms with Crippen LogP contribution in [-0.2, 0) is 32.6 Å². The van der Waals surface area contributed by atoms with Crippen molar-refractivity contribution in [3.63, 3.8) is 0 Å². The van der Waals surface area contributed by atoms with E-state index in [1.807, 2.05) is 30.3 Å². The van der Waals surface area contributed by atoms with Crippen molar-refractivity contribution < 1.29 is 26.8 Å². The predicted octanol–water partition coefficient (Wildman–Crippen LogP) is 3.82. The largest absolute Gasteiger partial charge is 0.467 e. The van der Waals surface area contributed by atoms with Crippen LogP contribution in [0.1, 0.15) is 24.2 Å². The van der Waals surface area contributed by atoms with Gasteiger partial charge >= 0.3 is 0 Å². The molecule has 2 heterocycles. The van der Waals surface area contributed by atoms with Gasteiger partial charge in [0.25, 0.3) is 0 Å². The molecule has 1 saturated heterocycles. The summed E-state index contributed by atoms with van der Waals surface area (Å²) in [5, 5.41) is 0. The normalized spacial score (nSPS) is 16.1. The predicted molar refractivity (Wildman–Crippen MR) is 124 cm³/mol. The van der Waals surface area contributed by atoms with Crippen molar-refractivity contribution >= 4 is 15.9 Å². The summed E-state index contributed by atoms with van der Waals surface area (Å²) in [5.74, 6) is -0.312. The van der Waals surface area contributed by atoms with Gasteiger partial charge in [-0.15, -0.1) is 0 Å². The van der Waals surface area contributed by atoms with Crippen LogP contribution in [0.4, 0.5) is 4.39 Å². The molecule has 1 fully saturated rings. The molecule has 34 heavy (non-hydrogen) atoms. The van der Waals surface area contributed by atoms with Crippen LogP contribution >= 0.6 is 0 Å². The Bertz CT molecular complexity index is 1160. The van der Waals surface area contributed by atoms with E-state index in [1.54, 1.807) is 17.0 Å². The van der Waals surface area contributed by atoms with Crippen molar-refractivity contribution in [1.82, 2.24) is 9.21 Å². The maximum atomic E-state index is 13.5. The van der Waals surface area contributed by atoms with E-state index >= 15 is 0 Å². The number of sulfonamides is 1. The monoisotopic (exact) mass is 486 g/mol. The quantitative estimate of drug-likeness (QED) is 0.435. The Balaban J connectivity index is 1.59. The highest BCUT2D eigenvalue weighted by atomic mass is 32.2. The van der Waals surface area contributed by atoms with Gasteiger partial charge in [-0.25, -0.2) is 12.8 Å². The van der Waals surface area contributed by atoms with E-state index < -0.39 is 15.8 Å². The summed E-state index contributed by atoms with van der Waals surface area (Å²) in [7, 11) is -4.05. The minimum atomic E-state index is -4.05. The Labute approximate surface area is 198 Å². The Hall–Kier alpha value is -3.01. The van der Waals surface area contributed by atoms with Crippen LogP contribution in [0.3, 0.4) is 0 Å². The number of ether oxygens (including phenoxy) is 1. The zero-order valence-electron chi connectivity index (χ0n) is 18.7. The van der Waals surface area contributed by atoms with Crippen LogP contribution in [-0.4, -0.2) is 49.3 Å². The summed E-state index contributed by atoms with van der Waals surface area (Å²) < 4.78 is 52.5. The van der Waals surface area contributed by atoms with Crippen LogP contribution < -0.4 is 0 Å². The molecule has 1 aromatic heterocycles. The van der Waals surface area contributed by atoms with Gasteiger partial charge in [-0.3, -0.25) is 4.79 Å². The highest BCUT2D eigenvalue weighted by Crippen LogP contribution is 2.21. The second kappa shape index (κ2) is 10.9. The molecule has 0 spiro atoms. The number of carbonyl (C=O) groups is 1. The fourth-order valence-electron chi connectivity index (χ4n) is 3.90. The number of hydrogen-bond donors (Lipinski definition) is 0. The summed E-state index contributed by atoms with van der Waals surface area (Å²) >= 11 is 0. The zero-order chi connectivity index (χ0) is 24.0. The van der Waals surface area contributed by atoms with E-state index in [0.717, 1.165) is 28.4 Å². The minimum absolute atomic E-state index is 0.0470. The second-order valence-electron chi connectivity index (χ2n) is 8.20. The molecule has 0 bridgehead atoms. The van der Waals surface area contributed by atoms with Gasteiger partial charge in [-0.05, 0) is 54.8 Å². The molecule has 4 rings (SSSR count). The highest BCUT2D eigenvalue weighted by Gasteiger charge is 2.32. The third kappa shape index (κ3) is 6.11. The molecule has 1 aliphatic rings. The van der Waals surface area contributed by atoms with Crippen LogP contribution in [0.2, 0.25) is 0 Å². The van der Waals surface area contributed by atoms with Crippen molar-refractivity contribution in [2.75, 3.05) is 19.7 Å². The van der Waals surface area contributed by atoms with Crippen LogP contribution in [0, 0.1) is 5.82 Å². The topological polar surface area (TPSA) is 80.1 Å².